The van der Waals surface area contributed by atoms with Gasteiger partial charge in [-0.3, -0.25) is 4.79 Å². The fourth-order valence-corrected chi connectivity index (χ4v) is 3.56. The Labute approximate surface area is 180 Å². The number of amides is 1. The molecular weight excluding hydrogens is 411 g/mol. The molecule has 1 heterocycles. The second-order valence-electron chi connectivity index (χ2n) is 6.75. The third-order valence-corrected chi connectivity index (χ3v) is 5.14. The lowest BCUT2D eigenvalue weighted by atomic mass is 10.1. The molecule has 2 aromatic carbocycles. The Morgan fingerprint density at radius 2 is 1.76 bits per heavy atom. The minimum absolute atomic E-state index is 0.370. The van der Waals surface area contributed by atoms with Crippen molar-refractivity contribution in [3.63, 3.8) is 0 Å². The van der Waals surface area contributed by atoms with E-state index < -0.39 is 11.9 Å². The lowest BCUT2D eigenvalue weighted by Gasteiger charge is -2.28. The molecule has 1 aliphatic heterocycles. The smallest absolute Gasteiger partial charge is 0.331 e. The highest BCUT2D eigenvalue weighted by atomic mass is 35.5. The minimum atomic E-state index is -0.633. The number of carbonyl (C=O) groups is 2. The van der Waals surface area contributed by atoms with Gasteiger partial charge in [0, 0.05) is 40.6 Å². The maximum Gasteiger partial charge on any atom is 0.331 e. The SMILES string of the molecule is O=C(COC(=O)C=Cc1ccc(Cl)cc1Cl)Nc1ccc(N2CCCCC2)cc1. The van der Waals surface area contributed by atoms with Crippen LogP contribution < -0.4 is 10.2 Å². The van der Waals surface area contributed by atoms with Crippen molar-refractivity contribution in [3.05, 3.63) is 64.1 Å². The van der Waals surface area contributed by atoms with Crippen molar-refractivity contribution in [2.45, 2.75) is 19.3 Å². The number of nitrogens with one attached hydrogen (secondary N) is 1. The molecule has 1 N–H and O–H groups in total. The third-order valence-electron chi connectivity index (χ3n) is 4.58. The Balaban J connectivity index is 1.45. The summed E-state index contributed by atoms with van der Waals surface area (Å²) in [6, 6.07) is 12.6. The van der Waals surface area contributed by atoms with E-state index in [1.807, 2.05) is 24.3 Å². The summed E-state index contributed by atoms with van der Waals surface area (Å²) < 4.78 is 4.97. The second kappa shape index (κ2) is 10.3. The van der Waals surface area contributed by atoms with Crippen molar-refractivity contribution >= 4 is 52.5 Å². The Morgan fingerprint density at radius 1 is 1.03 bits per heavy atom. The number of halogens is 2. The molecular formula is C22H22Cl2N2O3. The molecule has 29 heavy (non-hydrogen) atoms. The average molecular weight is 433 g/mol. The van der Waals surface area contributed by atoms with E-state index in [0.29, 0.717) is 21.3 Å². The molecule has 0 radical (unpaired) electrons. The second-order valence-corrected chi connectivity index (χ2v) is 7.59. The van der Waals surface area contributed by atoms with Gasteiger partial charge in [-0.1, -0.05) is 29.3 Å². The van der Waals surface area contributed by atoms with Gasteiger partial charge in [-0.15, -0.1) is 0 Å². The van der Waals surface area contributed by atoms with Gasteiger partial charge in [0.15, 0.2) is 6.61 Å². The van der Waals surface area contributed by atoms with Crippen LogP contribution in [0, 0.1) is 0 Å². The predicted molar refractivity (Wildman–Crippen MR) is 118 cm³/mol. The summed E-state index contributed by atoms with van der Waals surface area (Å²) in [4.78, 5) is 26.2. The van der Waals surface area contributed by atoms with Gasteiger partial charge in [0.2, 0.25) is 0 Å². The van der Waals surface area contributed by atoms with E-state index in [-0.39, 0.29) is 6.61 Å². The first-order valence-electron chi connectivity index (χ1n) is 9.46. The van der Waals surface area contributed by atoms with Crippen molar-refractivity contribution in [3.8, 4) is 0 Å². The normalized spacial score (nSPS) is 14.1. The number of rotatable bonds is 6. The number of benzene rings is 2. The van der Waals surface area contributed by atoms with Gasteiger partial charge in [-0.05, 0) is 67.3 Å². The molecule has 1 fully saturated rings. The van der Waals surface area contributed by atoms with Crippen molar-refractivity contribution in [1.29, 1.82) is 0 Å². The van der Waals surface area contributed by atoms with Crippen LogP contribution in [0.1, 0.15) is 24.8 Å². The highest BCUT2D eigenvalue weighted by Gasteiger charge is 2.11. The summed E-state index contributed by atoms with van der Waals surface area (Å²) in [5, 5.41) is 3.66. The molecule has 2 aromatic rings. The van der Waals surface area contributed by atoms with Gasteiger partial charge in [-0.2, -0.15) is 0 Å². The Morgan fingerprint density at radius 3 is 2.45 bits per heavy atom. The van der Waals surface area contributed by atoms with Crippen molar-refractivity contribution in [1.82, 2.24) is 0 Å². The van der Waals surface area contributed by atoms with Gasteiger partial charge < -0.3 is 15.0 Å². The summed E-state index contributed by atoms with van der Waals surface area (Å²) >= 11 is 11.9. The van der Waals surface area contributed by atoms with E-state index in [2.05, 4.69) is 10.2 Å². The van der Waals surface area contributed by atoms with E-state index in [1.54, 1.807) is 18.2 Å². The summed E-state index contributed by atoms with van der Waals surface area (Å²) in [6.45, 7) is 1.76. The summed E-state index contributed by atoms with van der Waals surface area (Å²) in [6.07, 6.45) is 6.43. The van der Waals surface area contributed by atoms with Gasteiger partial charge in [-0.25, -0.2) is 4.79 Å². The van der Waals surface area contributed by atoms with E-state index in [0.717, 1.165) is 18.8 Å². The Hall–Kier alpha value is -2.50. The third kappa shape index (κ3) is 6.51. The van der Waals surface area contributed by atoms with Crippen LogP contribution in [0.4, 0.5) is 11.4 Å². The van der Waals surface area contributed by atoms with Crippen LogP contribution >= 0.6 is 23.2 Å². The number of carbonyl (C=O) groups excluding carboxylic acids is 2. The van der Waals surface area contributed by atoms with Crippen LogP contribution in [0.15, 0.2) is 48.5 Å². The minimum Gasteiger partial charge on any atom is -0.452 e. The van der Waals surface area contributed by atoms with Crippen molar-refractivity contribution in [2.24, 2.45) is 0 Å². The number of piperidine rings is 1. The van der Waals surface area contributed by atoms with Gasteiger partial charge in [0.25, 0.3) is 5.91 Å². The standard InChI is InChI=1S/C22H22Cl2N2O3/c23-17-6-4-16(20(24)14-17)5-11-22(28)29-15-21(27)25-18-7-9-19(10-8-18)26-12-2-1-3-13-26/h4-11,14H,1-3,12-13,15H2,(H,25,27). The quantitative estimate of drug-likeness (QED) is 0.504. The molecule has 5 nitrogen and oxygen atoms in total. The number of hydrogen-bond donors (Lipinski definition) is 1. The van der Waals surface area contributed by atoms with Gasteiger partial charge in [0.05, 0.1) is 0 Å². The van der Waals surface area contributed by atoms with Crippen LogP contribution in [0.25, 0.3) is 6.08 Å². The maximum absolute atomic E-state index is 12.0. The number of esters is 1. The Bertz CT molecular complexity index is 891. The van der Waals surface area contributed by atoms with Crippen molar-refractivity contribution in [2.75, 3.05) is 29.9 Å². The summed E-state index contributed by atoms with van der Waals surface area (Å²) in [7, 11) is 0. The van der Waals surface area contributed by atoms with Crippen LogP contribution in [0.3, 0.4) is 0 Å². The number of anilines is 2. The molecule has 0 bridgehead atoms. The molecule has 0 spiro atoms. The first-order valence-corrected chi connectivity index (χ1v) is 10.2. The topological polar surface area (TPSA) is 58.6 Å². The van der Waals surface area contributed by atoms with Crippen LogP contribution in [0.2, 0.25) is 10.0 Å². The lowest BCUT2D eigenvalue weighted by molar-refractivity contribution is -0.142. The van der Waals surface area contributed by atoms with Crippen LogP contribution in [-0.4, -0.2) is 31.6 Å². The average Bonchev–Trinajstić information content (AvgIpc) is 2.73. The molecule has 3 rings (SSSR count). The zero-order valence-electron chi connectivity index (χ0n) is 15.9. The highest BCUT2D eigenvalue weighted by molar-refractivity contribution is 6.35. The summed E-state index contributed by atoms with van der Waals surface area (Å²) in [5.74, 6) is -1.03. The van der Waals surface area contributed by atoms with E-state index >= 15 is 0 Å². The van der Waals surface area contributed by atoms with Crippen LogP contribution in [-0.2, 0) is 14.3 Å². The fraction of sp³-hybridized carbons (Fsp3) is 0.273. The molecule has 0 aliphatic carbocycles. The molecule has 152 valence electrons. The number of hydrogen-bond acceptors (Lipinski definition) is 4. The number of ether oxygens (including phenoxy) is 1. The predicted octanol–water partition coefficient (Wildman–Crippen LogP) is 5.18. The Kier molecular flexibility index (Phi) is 7.55. The molecule has 1 amide bonds. The van der Waals surface area contributed by atoms with Gasteiger partial charge in [0.1, 0.15) is 0 Å². The molecule has 1 saturated heterocycles. The van der Waals surface area contributed by atoms with Crippen molar-refractivity contribution < 1.29 is 14.3 Å². The molecule has 1 aliphatic rings. The fourth-order valence-electron chi connectivity index (χ4n) is 3.08. The first-order chi connectivity index (χ1) is 14.0. The van der Waals surface area contributed by atoms with E-state index in [1.165, 1.54) is 31.4 Å². The van der Waals surface area contributed by atoms with Gasteiger partial charge >= 0.3 is 5.97 Å². The maximum atomic E-state index is 12.0. The highest BCUT2D eigenvalue weighted by Crippen LogP contribution is 2.23. The molecule has 0 saturated carbocycles. The lowest BCUT2D eigenvalue weighted by Crippen LogP contribution is -2.29. The molecule has 0 unspecified atom stereocenters. The van der Waals surface area contributed by atoms with E-state index in [9.17, 15) is 9.59 Å². The first kappa shape index (κ1) is 21.2. The molecule has 0 atom stereocenters. The molecule has 0 aromatic heterocycles. The zero-order chi connectivity index (χ0) is 20.6. The number of nitrogens with zero attached hydrogens (tertiary/aromatic N) is 1. The molecule has 7 heteroatoms. The largest absolute Gasteiger partial charge is 0.452 e. The van der Waals surface area contributed by atoms with E-state index in [4.69, 9.17) is 27.9 Å². The monoisotopic (exact) mass is 432 g/mol. The van der Waals surface area contributed by atoms with Crippen LogP contribution in [0.5, 0.6) is 0 Å². The zero-order valence-corrected chi connectivity index (χ0v) is 17.4. The summed E-state index contributed by atoms with van der Waals surface area (Å²) in [5.41, 5.74) is 2.45.